The third-order valence-corrected chi connectivity index (χ3v) is 6.31. The van der Waals surface area contributed by atoms with Crippen molar-refractivity contribution in [2.75, 3.05) is 12.4 Å². The average Bonchev–Trinajstić information content (AvgIpc) is 2.97. The van der Waals surface area contributed by atoms with Gasteiger partial charge in [-0.25, -0.2) is 0 Å². The number of pyridine rings is 1. The zero-order chi connectivity index (χ0) is 22.2. The van der Waals surface area contributed by atoms with Crippen molar-refractivity contribution >= 4 is 29.2 Å². The third kappa shape index (κ3) is 4.04. The molecule has 1 unspecified atom stereocenters. The van der Waals surface area contributed by atoms with E-state index in [2.05, 4.69) is 86.2 Å². The van der Waals surface area contributed by atoms with E-state index in [1.165, 1.54) is 5.56 Å². The lowest BCUT2D eigenvalue weighted by Gasteiger charge is -2.32. The van der Waals surface area contributed by atoms with E-state index in [1.54, 1.807) is 7.05 Å². The Morgan fingerprint density at radius 3 is 2.35 bits per heavy atom. The van der Waals surface area contributed by atoms with E-state index in [4.69, 9.17) is 9.31 Å². The van der Waals surface area contributed by atoms with Gasteiger partial charge in [-0.2, -0.15) is 0 Å². The molecule has 0 saturated carbocycles. The van der Waals surface area contributed by atoms with Crippen LogP contribution in [0.5, 0.6) is 0 Å². The minimum atomic E-state index is -0.429. The average molecular weight is 414 g/mol. The van der Waals surface area contributed by atoms with Crippen LogP contribution in [0.4, 0.5) is 5.69 Å². The van der Waals surface area contributed by atoms with E-state index >= 15 is 0 Å². The molecule has 4 rings (SSSR count). The van der Waals surface area contributed by atoms with Gasteiger partial charge in [0.1, 0.15) is 5.56 Å². The number of fused-ring (bicyclic) bond motifs is 1. The molecule has 6 heteroatoms. The van der Waals surface area contributed by atoms with E-state index in [1.807, 2.05) is 24.4 Å². The Morgan fingerprint density at radius 2 is 1.71 bits per heavy atom. The maximum atomic E-state index is 6.27. The monoisotopic (exact) mass is 414 g/mol. The topological polar surface area (TPSA) is 47.7 Å². The van der Waals surface area contributed by atoms with Crippen LogP contribution in [0.15, 0.2) is 54.7 Å². The number of aromatic nitrogens is 1. The van der Waals surface area contributed by atoms with E-state index in [0.717, 1.165) is 27.6 Å². The van der Waals surface area contributed by atoms with Gasteiger partial charge in [0.05, 0.1) is 28.6 Å². The molecule has 1 aliphatic rings. The van der Waals surface area contributed by atoms with Crippen LogP contribution in [-0.4, -0.2) is 30.4 Å². The van der Waals surface area contributed by atoms with Gasteiger partial charge in [0.2, 0.25) is 0 Å². The van der Waals surface area contributed by atoms with Gasteiger partial charge in [-0.1, -0.05) is 47.3 Å². The summed E-state index contributed by atoms with van der Waals surface area (Å²) in [6, 6.07) is 19.7. The number of benzene rings is 2. The van der Waals surface area contributed by atoms with Crippen molar-refractivity contribution in [3.8, 4) is 6.07 Å². The number of anilines is 1. The molecule has 0 amide bonds. The van der Waals surface area contributed by atoms with Crippen molar-refractivity contribution in [1.82, 2.24) is 4.98 Å². The fourth-order valence-corrected chi connectivity index (χ4v) is 3.74. The molecule has 31 heavy (non-hydrogen) atoms. The van der Waals surface area contributed by atoms with Crippen molar-refractivity contribution in [2.24, 2.45) is 0 Å². The van der Waals surface area contributed by atoms with Crippen LogP contribution in [0.1, 0.15) is 51.8 Å². The Bertz CT molecular complexity index is 1150. The Labute approximate surface area is 184 Å². The molecule has 0 bridgehead atoms. The summed E-state index contributed by atoms with van der Waals surface area (Å²) in [5, 5.41) is 4.65. The Morgan fingerprint density at radius 1 is 1.03 bits per heavy atom. The predicted molar refractivity (Wildman–Crippen MR) is 128 cm³/mol. The molecule has 2 heterocycles. The normalized spacial score (nSPS) is 17.8. The maximum Gasteiger partial charge on any atom is 0.494 e. The molecule has 3 aromatic rings. The van der Waals surface area contributed by atoms with E-state index in [9.17, 15) is 0 Å². The summed E-state index contributed by atoms with van der Waals surface area (Å²) < 4.78 is 12.5. The van der Waals surface area contributed by atoms with Crippen LogP contribution in [-0.2, 0) is 9.31 Å². The van der Waals surface area contributed by atoms with E-state index in [0.29, 0.717) is 0 Å². The smallest absolute Gasteiger partial charge is 0.399 e. The van der Waals surface area contributed by atoms with E-state index in [-0.39, 0.29) is 6.04 Å². The first kappa shape index (κ1) is 21.4. The quantitative estimate of drug-likeness (QED) is 0.610. The highest BCUT2D eigenvalue weighted by molar-refractivity contribution is 6.62. The van der Waals surface area contributed by atoms with Gasteiger partial charge in [0.15, 0.2) is 0 Å². The highest BCUT2D eigenvalue weighted by atomic mass is 16.7. The van der Waals surface area contributed by atoms with Crippen molar-refractivity contribution in [2.45, 2.75) is 51.9 Å². The standard InChI is InChI=1S/C25H28BN3O2/c1-17(18-10-8-7-9-11-18)29-23-19(15-27-6)16-28-22-13-12-20(14-21(22)23)26-30-24(2,3)25(4,5)31-26/h7-14,16-17H,1-6H3/p+1. The van der Waals surface area contributed by atoms with Crippen molar-refractivity contribution in [3.05, 3.63) is 70.7 Å². The van der Waals surface area contributed by atoms with Gasteiger partial charge in [-0.15, -0.1) is 0 Å². The molecule has 0 spiro atoms. The second kappa shape index (κ2) is 7.99. The lowest BCUT2D eigenvalue weighted by atomic mass is 9.78. The molecular formula is C25H29BN3O2+. The number of nitrogens with zero attached hydrogens (tertiary/aromatic N) is 2. The van der Waals surface area contributed by atoms with E-state index < -0.39 is 18.3 Å². The highest BCUT2D eigenvalue weighted by Gasteiger charge is 2.51. The first-order chi connectivity index (χ1) is 14.7. The summed E-state index contributed by atoms with van der Waals surface area (Å²) in [5.74, 6) is 0. The molecule has 0 aliphatic carbocycles. The first-order valence-electron chi connectivity index (χ1n) is 10.7. The molecule has 1 saturated heterocycles. The lowest BCUT2D eigenvalue weighted by Crippen LogP contribution is -2.41. The molecule has 158 valence electrons. The van der Waals surface area contributed by atoms with Gasteiger partial charge in [0.25, 0.3) is 7.05 Å². The largest absolute Gasteiger partial charge is 0.494 e. The summed E-state index contributed by atoms with van der Waals surface area (Å²) in [6.45, 7) is 10.4. The minimum absolute atomic E-state index is 0.102. The number of nitrogens with one attached hydrogen (secondary N) is 1. The van der Waals surface area contributed by atoms with Crippen molar-refractivity contribution in [1.29, 1.82) is 0 Å². The molecule has 0 radical (unpaired) electrons. The van der Waals surface area contributed by atoms with Crippen LogP contribution in [0.2, 0.25) is 0 Å². The Kier molecular flexibility index (Phi) is 5.51. The molecule has 5 nitrogen and oxygen atoms in total. The summed E-state index contributed by atoms with van der Waals surface area (Å²) in [4.78, 5) is 8.73. The van der Waals surface area contributed by atoms with Crippen LogP contribution >= 0.6 is 0 Å². The van der Waals surface area contributed by atoms with Crippen LogP contribution in [0.3, 0.4) is 0 Å². The summed E-state index contributed by atoms with van der Waals surface area (Å²) in [6.07, 6.45) is 1.81. The molecule has 1 aromatic heterocycles. The number of rotatable bonds is 4. The molecule has 1 fully saturated rings. The van der Waals surface area contributed by atoms with Crippen LogP contribution < -0.4 is 10.8 Å². The molecule has 1 atom stereocenters. The van der Waals surface area contributed by atoms with Gasteiger partial charge in [-0.3, -0.25) is 4.98 Å². The molecule has 1 N–H and O–H groups in total. The van der Waals surface area contributed by atoms with Gasteiger partial charge < -0.3 is 14.6 Å². The molecule has 2 aromatic carbocycles. The summed E-state index contributed by atoms with van der Waals surface area (Å²) >= 11 is 0. The molecular weight excluding hydrogens is 385 g/mol. The fourth-order valence-electron chi connectivity index (χ4n) is 3.74. The lowest BCUT2D eigenvalue weighted by molar-refractivity contribution is 0.00578. The fraction of sp³-hybridized carbons (Fsp3) is 0.360. The highest BCUT2D eigenvalue weighted by Crippen LogP contribution is 2.37. The first-order valence-corrected chi connectivity index (χ1v) is 10.7. The second-order valence-electron chi connectivity index (χ2n) is 9.02. The Hall–Kier alpha value is -2.88. The zero-order valence-electron chi connectivity index (χ0n) is 19.1. The number of hydrogen-bond acceptors (Lipinski definition) is 4. The third-order valence-electron chi connectivity index (χ3n) is 6.31. The molecule has 1 aliphatic heterocycles. The van der Waals surface area contributed by atoms with Crippen LogP contribution in [0.25, 0.3) is 15.7 Å². The van der Waals surface area contributed by atoms with Crippen molar-refractivity contribution in [3.63, 3.8) is 0 Å². The second-order valence-corrected chi connectivity index (χ2v) is 9.02. The minimum Gasteiger partial charge on any atom is -0.399 e. The maximum absolute atomic E-state index is 6.27. The van der Waals surface area contributed by atoms with Crippen molar-refractivity contribution < 1.29 is 9.31 Å². The van der Waals surface area contributed by atoms with Gasteiger partial charge in [-0.05, 0) is 51.7 Å². The van der Waals surface area contributed by atoms with Gasteiger partial charge >= 0.3 is 13.2 Å². The van der Waals surface area contributed by atoms with Crippen LogP contribution in [0, 0.1) is 6.07 Å². The Balaban J connectivity index is 1.78. The van der Waals surface area contributed by atoms with Gasteiger partial charge in [0, 0.05) is 11.4 Å². The summed E-state index contributed by atoms with van der Waals surface area (Å²) in [7, 11) is 1.29. The zero-order valence-corrected chi connectivity index (χ0v) is 19.1. The predicted octanol–water partition coefficient (Wildman–Crippen LogP) is 5.02. The summed E-state index contributed by atoms with van der Waals surface area (Å²) in [5.41, 5.74) is 4.05. The number of hydrogen-bond donors (Lipinski definition) is 1. The SMILES string of the molecule is C[N+]#Cc1cnc2ccc(B3OC(C)(C)C(C)(C)O3)cc2c1NC(C)c1ccccc1.